The quantitative estimate of drug-likeness (QED) is 0.177. The van der Waals surface area contributed by atoms with E-state index >= 15 is 0 Å². The third-order valence-electron chi connectivity index (χ3n) is 16.1. The summed E-state index contributed by atoms with van der Waals surface area (Å²) in [5.74, 6) is 3.67. The van der Waals surface area contributed by atoms with Gasteiger partial charge in [-0.1, -0.05) is 66.2 Å². The van der Waals surface area contributed by atoms with Gasteiger partial charge in [-0.25, -0.2) is 0 Å². The third-order valence-corrected chi connectivity index (χ3v) is 16.1. The van der Waals surface area contributed by atoms with Crippen molar-refractivity contribution < 1.29 is 9.53 Å². The second kappa shape index (κ2) is 12.4. The van der Waals surface area contributed by atoms with E-state index in [1.807, 2.05) is 0 Å². The van der Waals surface area contributed by atoms with E-state index in [-0.39, 0.29) is 22.9 Å². The predicted molar refractivity (Wildman–Crippen MR) is 194 cm³/mol. The molecule has 5 unspecified atom stereocenters. The highest BCUT2D eigenvalue weighted by Crippen LogP contribution is 2.78. The van der Waals surface area contributed by atoms with Gasteiger partial charge in [-0.15, -0.1) is 6.58 Å². The minimum Gasteiger partial charge on any atom is -0.462 e. The van der Waals surface area contributed by atoms with Crippen molar-refractivity contribution >= 4 is 5.97 Å². The van der Waals surface area contributed by atoms with Crippen molar-refractivity contribution in [2.75, 3.05) is 20.6 Å². The van der Waals surface area contributed by atoms with E-state index in [1.54, 1.807) is 0 Å². The Morgan fingerprint density at radius 1 is 0.826 bits per heavy atom. The number of rotatable bonds is 10. The lowest BCUT2D eigenvalue weighted by Crippen LogP contribution is -2.66. The van der Waals surface area contributed by atoms with Gasteiger partial charge < -0.3 is 9.64 Å². The molecule has 0 saturated heterocycles. The van der Waals surface area contributed by atoms with E-state index in [4.69, 9.17) is 4.74 Å². The molecule has 5 saturated carbocycles. The number of esters is 1. The summed E-state index contributed by atoms with van der Waals surface area (Å²) in [4.78, 5) is 15.7. The van der Waals surface area contributed by atoms with Crippen molar-refractivity contribution in [3.05, 3.63) is 24.3 Å². The van der Waals surface area contributed by atoms with Crippen molar-refractivity contribution in [1.29, 1.82) is 0 Å². The maximum absolute atomic E-state index is 13.3. The normalized spacial score (nSPS) is 43.2. The first-order valence-corrected chi connectivity index (χ1v) is 19.4. The molecular formula is C43H73NO2. The van der Waals surface area contributed by atoms with E-state index in [9.17, 15) is 4.79 Å². The zero-order valence-corrected chi connectivity index (χ0v) is 32.2. The van der Waals surface area contributed by atoms with Gasteiger partial charge in [0.05, 0.1) is 6.42 Å². The summed E-state index contributed by atoms with van der Waals surface area (Å²) in [7, 11) is 4.48. The highest BCUT2D eigenvalue weighted by molar-refractivity contribution is 5.70. The average Bonchev–Trinajstić information content (AvgIpc) is 3.29. The van der Waals surface area contributed by atoms with Gasteiger partial charge in [-0.3, -0.25) is 4.79 Å². The molecule has 3 heteroatoms. The van der Waals surface area contributed by atoms with Crippen molar-refractivity contribution in [1.82, 2.24) is 4.90 Å². The molecule has 0 aromatic rings. The third kappa shape index (κ3) is 5.91. The highest BCUT2D eigenvalue weighted by atomic mass is 16.5. The van der Waals surface area contributed by atoms with Crippen LogP contribution in [0.2, 0.25) is 0 Å². The molecule has 0 N–H and O–H groups in total. The largest absolute Gasteiger partial charge is 0.462 e. The van der Waals surface area contributed by atoms with Gasteiger partial charge >= 0.3 is 5.97 Å². The Balaban J connectivity index is 1.38. The molecule has 0 aromatic heterocycles. The summed E-state index contributed by atoms with van der Waals surface area (Å²) in [5, 5.41) is 0. The maximum Gasteiger partial charge on any atom is 0.306 e. The van der Waals surface area contributed by atoms with Crippen LogP contribution in [-0.4, -0.2) is 37.6 Å². The van der Waals surface area contributed by atoms with Crippen LogP contribution in [0.5, 0.6) is 0 Å². The SMILES string of the molecule is C=C(C)CC(C)(C)CC(=O)OC1CCC2(C)[C@H]3CCC4[C@H]5[C@H](C(=C)C)CCC5(CCCN(C)C)CC[C@@]4(C)C3(C)CC[C@H]2C1(C)C. The first-order chi connectivity index (χ1) is 21.2. The topological polar surface area (TPSA) is 29.5 Å². The van der Waals surface area contributed by atoms with Crippen LogP contribution in [0.15, 0.2) is 24.3 Å². The fourth-order valence-electron chi connectivity index (χ4n) is 14.1. The van der Waals surface area contributed by atoms with Gasteiger partial charge in [0.25, 0.3) is 0 Å². The van der Waals surface area contributed by atoms with E-state index in [1.165, 1.54) is 82.7 Å². The smallest absolute Gasteiger partial charge is 0.306 e. The van der Waals surface area contributed by atoms with Crippen molar-refractivity contribution in [3.63, 3.8) is 0 Å². The molecule has 0 spiro atoms. The molecule has 5 rings (SSSR count). The van der Waals surface area contributed by atoms with Crippen molar-refractivity contribution in [2.45, 2.75) is 158 Å². The Morgan fingerprint density at radius 3 is 2.15 bits per heavy atom. The minimum atomic E-state index is -0.108. The Hall–Kier alpha value is -1.09. The molecule has 0 bridgehead atoms. The van der Waals surface area contributed by atoms with Gasteiger partial charge in [-0.2, -0.15) is 0 Å². The van der Waals surface area contributed by atoms with Crippen LogP contribution in [0.3, 0.4) is 0 Å². The fourth-order valence-corrected chi connectivity index (χ4v) is 14.1. The molecule has 0 aliphatic heterocycles. The summed E-state index contributed by atoms with van der Waals surface area (Å²) in [6, 6.07) is 0. The second-order valence-corrected chi connectivity index (χ2v) is 20.3. The molecule has 5 aliphatic rings. The van der Waals surface area contributed by atoms with E-state index in [0.717, 1.165) is 36.2 Å². The highest BCUT2D eigenvalue weighted by Gasteiger charge is 2.71. The summed E-state index contributed by atoms with van der Waals surface area (Å²) in [6.07, 6.45) is 17.3. The summed E-state index contributed by atoms with van der Waals surface area (Å²) >= 11 is 0. The van der Waals surface area contributed by atoms with Gasteiger partial charge in [0.1, 0.15) is 6.10 Å². The molecular weight excluding hydrogens is 562 g/mol. The molecule has 262 valence electrons. The van der Waals surface area contributed by atoms with Crippen molar-refractivity contribution in [2.24, 2.45) is 62.1 Å². The number of ether oxygens (including phenoxy) is 1. The fraction of sp³-hybridized carbons (Fsp3) is 0.884. The van der Waals surface area contributed by atoms with Crippen LogP contribution in [-0.2, 0) is 9.53 Å². The van der Waals surface area contributed by atoms with Gasteiger partial charge in [0.15, 0.2) is 0 Å². The van der Waals surface area contributed by atoms with Crippen LogP contribution >= 0.6 is 0 Å². The lowest BCUT2D eigenvalue weighted by Gasteiger charge is -2.73. The van der Waals surface area contributed by atoms with Crippen LogP contribution in [0.4, 0.5) is 0 Å². The molecule has 5 aliphatic carbocycles. The Bertz CT molecular complexity index is 1180. The van der Waals surface area contributed by atoms with Crippen LogP contribution in [0.1, 0.15) is 152 Å². The minimum absolute atomic E-state index is 0.00903. The van der Waals surface area contributed by atoms with E-state index in [2.05, 4.69) is 94.5 Å². The monoisotopic (exact) mass is 636 g/mol. The molecule has 46 heavy (non-hydrogen) atoms. The number of carbonyl (C=O) groups is 1. The molecule has 0 aromatic carbocycles. The zero-order valence-electron chi connectivity index (χ0n) is 32.2. The summed E-state index contributed by atoms with van der Waals surface area (Å²) < 4.78 is 6.44. The van der Waals surface area contributed by atoms with Crippen LogP contribution in [0.25, 0.3) is 0 Å². The van der Waals surface area contributed by atoms with E-state index in [0.29, 0.717) is 39.9 Å². The Kier molecular flexibility index (Phi) is 9.72. The summed E-state index contributed by atoms with van der Waals surface area (Å²) in [5.41, 5.74) is 4.06. The van der Waals surface area contributed by atoms with E-state index < -0.39 is 0 Å². The molecule has 3 nitrogen and oxygen atoms in total. The van der Waals surface area contributed by atoms with Gasteiger partial charge in [0.2, 0.25) is 0 Å². The number of allylic oxidation sites excluding steroid dienone is 2. The Morgan fingerprint density at radius 2 is 1.52 bits per heavy atom. The first kappa shape index (κ1) is 36.2. The summed E-state index contributed by atoms with van der Waals surface area (Å²) in [6.45, 7) is 31.8. The van der Waals surface area contributed by atoms with Crippen LogP contribution in [0, 0.1) is 62.1 Å². The molecule has 5 fully saturated rings. The van der Waals surface area contributed by atoms with Crippen molar-refractivity contribution in [3.8, 4) is 0 Å². The number of fused-ring (bicyclic) bond motifs is 7. The molecule has 10 atom stereocenters. The number of hydrogen-bond donors (Lipinski definition) is 0. The number of hydrogen-bond acceptors (Lipinski definition) is 3. The van der Waals surface area contributed by atoms with Gasteiger partial charge in [0, 0.05) is 5.41 Å². The lowest BCUT2D eigenvalue weighted by atomic mass is 9.32. The number of nitrogens with zero attached hydrogens (tertiary/aromatic N) is 1. The molecule has 0 heterocycles. The standard InChI is InChI=1S/C43H73NO2/c1-29(2)27-38(5,6)28-36(45)46-35-19-21-40(9)33(39(35,7)8)18-22-42(11)34(40)16-15-32-37-31(30(3)4)17-23-43(37,20-14-26-44(12)13)25-24-41(32,42)10/h31-35,37H,1,3,14-28H2,2,4-13H3/t31-,32?,33-,34+,35?,37+,40?,41+,42?,43?/m0/s1. The second-order valence-electron chi connectivity index (χ2n) is 20.3. The average molecular weight is 636 g/mol. The van der Waals surface area contributed by atoms with Crippen LogP contribution < -0.4 is 0 Å². The lowest BCUT2D eigenvalue weighted by molar-refractivity contribution is -0.250. The predicted octanol–water partition coefficient (Wildman–Crippen LogP) is 11.3. The number of carbonyl (C=O) groups excluding carboxylic acids is 1. The van der Waals surface area contributed by atoms with Gasteiger partial charge in [-0.05, 0) is 175 Å². The Labute approximate surface area is 285 Å². The maximum atomic E-state index is 13.3. The first-order valence-electron chi connectivity index (χ1n) is 19.4. The zero-order chi connectivity index (χ0) is 34.1. The molecule has 0 amide bonds. The molecule has 0 radical (unpaired) electrons.